The highest BCUT2D eigenvalue weighted by molar-refractivity contribution is 5.78. The first kappa shape index (κ1) is 101. The second-order valence-electron chi connectivity index (χ2n) is 43.3. The molecule has 108 heavy (non-hydrogen) atoms. The summed E-state index contributed by atoms with van der Waals surface area (Å²) in [5, 5.41) is 0. The van der Waals surface area contributed by atoms with Gasteiger partial charge in [-0.25, -0.2) is 0 Å². The van der Waals surface area contributed by atoms with Crippen molar-refractivity contribution < 1.29 is 47.7 Å². The van der Waals surface area contributed by atoms with Crippen LogP contribution in [-0.2, 0) is 47.7 Å². The maximum atomic E-state index is 12.9. The van der Waals surface area contributed by atoms with Gasteiger partial charge in [0.05, 0.1) is 27.1 Å². The SMILES string of the molecule is C.C.C.C.C.C1CC2CCC1C2.CCC(C)(C)C(=O)OC(C)(C)C.CCC(C)(C)C(=O)OC(C)(C)C12CC3CC(CC(C3)C1)C2.CCC(C)(C)C(=O)OC(C)(C)C1CCCCC1.CCC(C)(C)C(=O)OC(C)(CC)C12CC3CC(CC(C3)C1)C2.CCCCC(C)(OC(=O)C(C)(C)CC)C12CC3CC(CC(C3)C1)C2. The molecule has 0 radical (unpaired) electrons. The van der Waals surface area contributed by atoms with Crippen LogP contribution in [0.25, 0.3) is 0 Å². The van der Waals surface area contributed by atoms with Gasteiger partial charge in [-0.1, -0.05) is 137 Å². The first-order valence-corrected chi connectivity index (χ1v) is 43.7. The zero-order chi connectivity index (χ0) is 77.0. The predicted octanol–water partition coefficient (Wildman–Crippen LogP) is 28.9. The molecule has 15 aliphatic carbocycles. The summed E-state index contributed by atoms with van der Waals surface area (Å²) in [5.41, 5.74) is -2.55. The maximum absolute atomic E-state index is 12.9. The Kier molecular flexibility index (Phi) is 36.9. The lowest BCUT2D eigenvalue weighted by Crippen LogP contribution is -2.59. The van der Waals surface area contributed by atoms with Crippen LogP contribution in [0.3, 0.4) is 0 Å². The van der Waals surface area contributed by atoms with Crippen molar-refractivity contribution >= 4 is 29.8 Å². The topological polar surface area (TPSA) is 132 Å². The summed E-state index contributed by atoms with van der Waals surface area (Å²) in [4.78, 5) is 61.9. The number of carbonyl (C=O) groups is 5. The summed E-state index contributed by atoms with van der Waals surface area (Å²) in [6, 6.07) is 0. The van der Waals surface area contributed by atoms with Crippen molar-refractivity contribution in [3.05, 3.63) is 0 Å². The molecule has 0 aliphatic heterocycles. The van der Waals surface area contributed by atoms with Crippen molar-refractivity contribution in [3.8, 4) is 0 Å². The van der Waals surface area contributed by atoms with Crippen LogP contribution in [0.15, 0.2) is 0 Å². The quantitative estimate of drug-likeness (QED) is 0.0762. The van der Waals surface area contributed by atoms with Gasteiger partial charge in [-0.05, 0) is 389 Å². The minimum absolute atomic E-state index is 0. The average molecular weight is 1520 g/mol. The van der Waals surface area contributed by atoms with Gasteiger partial charge < -0.3 is 23.7 Å². The normalized spacial score (nSPS) is 31.4. The van der Waals surface area contributed by atoms with Gasteiger partial charge in [0.1, 0.15) is 28.0 Å². The minimum Gasteiger partial charge on any atom is -0.460 e. The molecule has 0 saturated heterocycles. The largest absolute Gasteiger partial charge is 0.460 e. The number of unbranched alkanes of at least 4 members (excludes halogenated alkanes) is 1. The number of rotatable bonds is 22. The predicted molar refractivity (Wildman–Crippen MR) is 457 cm³/mol. The molecule has 15 aliphatic rings. The van der Waals surface area contributed by atoms with Gasteiger partial charge in [0.2, 0.25) is 0 Å². The summed E-state index contributed by atoms with van der Waals surface area (Å²) < 4.78 is 29.9. The van der Waals surface area contributed by atoms with Crippen LogP contribution in [0.5, 0.6) is 0 Å². The van der Waals surface area contributed by atoms with Crippen LogP contribution in [0.2, 0.25) is 0 Å². The van der Waals surface area contributed by atoms with E-state index in [1.807, 2.05) is 104 Å². The van der Waals surface area contributed by atoms with E-state index >= 15 is 0 Å². The molecule has 0 aromatic rings. The Hall–Kier alpha value is -2.65. The van der Waals surface area contributed by atoms with Crippen LogP contribution < -0.4 is 0 Å². The first-order chi connectivity index (χ1) is 47.6. The number of carbonyl (C=O) groups excluding carboxylic acids is 5. The molecular weight excluding hydrogens is 1340 g/mol. The monoisotopic (exact) mass is 1520 g/mol. The fourth-order valence-electron chi connectivity index (χ4n) is 22.6. The third-order valence-electron chi connectivity index (χ3n) is 31.5. The summed E-state index contributed by atoms with van der Waals surface area (Å²) in [6.07, 6.45) is 47.2. The molecule has 636 valence electrons. The highest BCUT2D eigenvalue weighted by Crippen LogP contribution is 2.68. The van der Waals surface area contributed by atoms with Gasteiger partial charge in [-0.15, -0.1) is 0 Å². The van der Waals surface area contributed by atoms with Crippen molar-refractivity contribution in [1.82, 2.24) is 0 Å². The molecule has 15 fully saturated rings. The molecule has 15 saturated carbocycles. The molecule has 0 N–H and O–H groups in total. The van der Waals surface area contributed by atoms with Crippen LogP contribution in [-0.4, -0.2) is 57.9 Å². The Labute approximate surface area is 671 Å². The number of ether oxygens (including phenoxy) is 5. The van der Waals surface area contributed by atoms with Gasteiger partial charge in [0.25, 0.3) is 0 Å². The van der Waals surface area contributed by atoms with E-state index in [9.17, 15) is 24.0 Å². The lowest BCUT2D eigenvalue weighted by atomic mass is 9.45. The molecule has 10 heteroatoms. The van der Waals surface area contributed by atoms with Crippen LogP contribution in [0, 0.1) is 114 Å². The Morgan fingerprint density at radius 1 is 0.287 bits per heavy atom. The van der Waals surface area contributed by atoms with Crippen molar-refractivity contribution in [3.63, 3.8) is 0 Å². The van der Waals surface area contributed by atoms with Gasteiger partial charge in [-0.3, -0.25) is 24.0 Å². The molecule has 0 amide bonds. The van der Waals surface area contributed by atoms with Crippen LogP contribution >= 0.6 is 0 Å². The molecule has 2 unspecified atom stereocenters. The Balaban J connectivity index is 0.000000448. The summed E-state index contributed by atoms with van der Waals surface area (Å²) >= 11 is 0. The number of fused-ring (bicyclic) bond motifs is 2. The van der Waals surface area contributed by atoms with E-state index in [4.69, 9.17) is 23.7 Å². The Morgan fingerprint density at radius 2 is 0.537 bits per heavy atom. The van der Waals surface area contributed by atoms with Gasteiger partial charge in [0.15, 0.2) is 0 Å². The zero-order valence-corrected chi connectivity index (χ0v) is 72.2. The number of hydrogen-bond acceptors (Lipinski definition) is 10. The first-order valence-electron chi connectivity index (χ1n) is 43.7. The van der Waals surface area contributed by atoms with Crippen LogP contribution in [0.1, 0.15) is 455 Å². The number of hydrogen-bond donors (Lipinski definition) is 0. The van der Waals surface area contributed by atoms with E-state index in [2.05, 4.69) is 76.2 Å². The summed E-state index contributed by atoms with van der Waals surface area (Å²) in [6.45, 7) is 53.3. The fourth-order valence-corrected chi connectivity index (χ4v) is 22.6. The average Bonchev–Trinajstić information content (AvgIpc) is 0.979. The lowest BCUT2D eigenvalue weighted by Gasteiger charge is -2.62. The third-order valence-corrected chi connectivity index (χ3v) is 31.5. The smallest absolute Gasteiger partial charge is 0.312 e. The standard InChI is InChI=1S/C22H38O2.C20H34O2.C19H32O2.C15H28O2.C10H20O2.C7H12.5CH4/c1-6-8-9-21(5,24-19(23)20(3,4)7-2)22-13-16-10-17(14-22)12-18(11-16)15-22;1-6-18(3,4)17(21)22-19(5,7-2)20-11-14-8-15(12-20)10-16(9-14)13-20;1-6-17(2,3)16(20)21-18(4,5)19-10-13-7-14(11-19)9-15(8-13)12-19;1-6-14(2,3)13(16)17-15(4,5)12-10-8-7-9-11-12;1-7-10(5,6)8(11)12-9(2,3)4;1-2-7-4-3-6(1)5-7;;;;;/h16-18H,6-15H2,1-5H3;14-16H,6-13H2,1-5H3;13-15H,6-12H2,1-5H3;12H,6-11H2,1-5H3;7H2,1-6H3;6-7H,1-5H2;5*1H4. The number of esters is 5. The van der Waals surface area contributed by atoms with E-state index in [0.29, 0.717) is 5.92 Å². The molecule has 0 heterocycles. The van der Waals surface area contributed by atoms with E-state index < -0.39 is 0 Å². The van der Waals surface area contributed by atoms with Gasteiger partial charge >= 0.3 is 29.8 Å². The van der Waals surface area contributed by atoms with E-state index in [0.717, 1.165) is 105 Å². The van der Waals surface area contributed by atoms with E-state index in [-0.39, 0.29) is 138 Å². The van der Waals surface area contributed by atoms with Crippen molar-refractivity contribution in [2.45, 2.75) is 483 Å². The second-order valence-corrected chi connectivity index (χ2v) is 43.3. The van der Waals surface area contributed by atoms with E-state index in [1.165, 1.54) is 166 Å². The molecule has 0 aromatic carbocycles. The highest BCUT2D eigenvalue weighted by Gasteiger charge is 2.63. The Morgan fingerprint density at radius 3 is 0.796 bits per heavy atom. The zero-order valence-electron chi connectivity index (χ0n) is 72.2. The van der Waals surface area contributed by atoms with E-state index in [1.54, 1.807) is 32.1 Å². The molecule has 2 atom stereocenters. The lowest BCUT2D eigenvalue weighted by molar-refractivity contribution is -0.214. The van der Waals surface area contributed by atoms with Crippen molar-refractivity contribution in [2.24, 2.45) is 114 Å². The Bertz CT molecular complexity index is 2650. The fraction of sp³-hybridized carbons (Fsp3) is 0.949. The van der Waals surface area contributed by atoms with Crippen LogP contribution in [0.4, 0.5) is 0 Å². The maximum Gasteiger partial charge on any atom is 0.312 e. The second kappa shape index (κ2) is 39.3. The molecule has 0 aromatic heterocycles. The summed E-state index contributed by atoms with van der Waals surface area (Å²) in [7, 11) is 0. The molecule has 0 spiro atoms. The van der Waals surface area contributed by atoms with Gasteiger partial charge in [0, 0.05) is 16.2 Å². The third kappa shape index (κ3) is 24.2. The molecule has 15 rings (SSSR count). The van der Waals surface area contributed by atoms with Crippen molar-refractivity contribution in [1.29, 1.82) is 0 Å². The summed E-state index contributed by atoms with van der Waals surface area (Å²) in [5.74, 6) is 10.8. The van der Waals surface area contributed by atoms with Crippen molar-refractivity contribution in [2.75, 3.05) is 0 Å². The molecular formula is C98H184O10. The highest BCUT2D eigenvalue weighted by atomic mass is 16.6. The molecule has 14 bridgehead atoms. The minimum atomic E-state index is -0.372. The molecule has 10 nitrogen and oxygen atoms in total. The van der Waals surface area contributed by atoms with Gasteiger partial charge in [-0.2, -0.15) is 0 Å².